The van der Waals surface area contributed by atoms with Gasteiger partial charge in [-0.25, -0.2) is 4.57 Å². The second kappa shape index (κ2) is 42.1. The molecule has 12 heteroatoms. The molecule has 0 heterocycles. The van der Waals surface area contributed by atoms with E-state index in [9.17, 15) is 23.8 Å². The smallest absolute Gasteiger partial charge is 0.472 e. The van der Waals surface area contributed by atoms with Gasteiger partial charge in [-0.3, -0.25) is 23.4 Å². The van der Waals surface area contributed by atoms with Crippen LogP contribution in [0.2, 0.25) is 0 Å². The van der Waals surface area contributed by atoms with E-state index in [1.165, 1.54) is 19.3 Å². The van der Waals surface area contributed by atoms with Crippen molar-refractivity contribution in [3.63, 3.8) is 0 Å². The average molecular weight is 860 g/mol. The van der Waals surface area contributed by atoms with Crippen molar-refractivity contribution in [3.8, 4) is 0 Å². The predicted molar refractivity (Wildman–Crippen MR) is 244 cm³/mol. The summed E-state index contributed by atoms with van der Waals surface area (Å²) in [6, 6.07) is -1.54. The highest BCUT2D eigenvalue weighted by molar-refractivity contribution is 7.47. The average Bonchev–Trinajstić information content (AvgIpc) is 3.22. The van der Waals surface area contributed by atoms with Crippen LogP contribution in [-0.4, -0.2) is 59.9 Å². The summed E-state index contributed by atoms with van der Waals surface area (Å²) in [6.45, 7) is 2.59. The van der Waals surface area contributed by atoms with E-state index in [4.69, 9.17) is 24.8 Å². The number of phosphoric acid groups is 1. The number of unbranched alkanes of at least 4 members (excludes halogenated alkanes) is 10. The molecule has 4 N–H and O–H groups in total. The molecular weight excluding hydrogens is 781 g/mol. The molecule has 0 bridgehead atoms. The van der Waals surface area contributed by atoms with Gasteiger partial charge in [-0.05, 0) is 96.3 Å². The molecule has 0 aliphatic rings. The standard InChI is InChI=1S/C48H78NO10P/c1-3-5-7-9-11-13-15-17-19-21-22-24-25-27-29-31-33-35-37-39-46(50)56-41-44(42-57-60(54,55)58-43-45(49)48(52)53)59-47(51)40-38-36-34-32-30-28-26-23-20-18-16-14-12-10-8-6-4-2/h5,7,11-14,17-20,22,24,26-29,44-45H,3-4,6,8-10,15-16,21,23,25,30-43,49H2,1-2H3,(H,52,53)(H,54,55)/b7-5+,13-11+,14-12+,19-17+,20-18+,24-22+,28-26+,29-27+/t44-,45+/m1/s1. The van der Waals surface area contributed by atoms with Crippen LogP contribution in [0.25, 0.3) is 0 Å². The lowest BCUT2D eigenvalue weighted by Crippen LogP contribution is -2.34. The van der Waals surface area contributed by atoms with Crippen LogP contribution in [0.5, 0.6) is 0 Å². The van der Waals surface area contributed by atoms with Crippen molar-refractivity contribution >= 4 is 25.7 Å². The van der Waals surface area contributed by atoms with Gasteiger partial charge in [0.05, 0.1) is 13.2 Å². The van der Waals surface area contributed by atoms with Crippen LogP contribution >= 0.6 is 7.82 Å². The first-order chi connectivity index (χ1) is 29.1. The molecule has 1 unspecified atom stereocenters. The van der Waals surface area contributed by atoms with Gasteiger partial charge in [0, 0.05) is 12.8 Å². The zero-order chi connectivity index (χ0) is 44.2. The number of carbonyl (C=O) groups excluding carboxylic acids is 2. The van der Waals surface area contributed by atoms with Gasteiger partial charge < -0.3 is 25.2 Å². The molecule has 0 spiro atoms. The summed E-state index contributed by atoms with van der Waals surface area (Å²) in [4.78, 5) is 46.0. The summed E-state index contributed by atoms with van der Waals surface area (Å²) < 4.78 is 32.7. The summed E-state index contributed by atoms with van der Waals surface area (Å²) in [7, 11) is -4.74. The highest BCUT2D eigenvalue weighted by Gasteiger charge is 2.28. The Labute approximate surface area is 362 Å². The molecule has 0 aromatic carbocycles. The lowest BCUT2D eigenvalue weighted by Gasteiger charge is -2.20. The molecule has 0 radical (unpaired) electrons. The van der Waals surface area contributed by atoms with E-state index < -0.39 is 51.1 Å². The number of hydrogen-bond acceptors (Lipinski definition) is 9. The summed E-state index contributed by atoms with van der Waals surface area (Å²) in [5, 5.41) is 8.90. The Morgan fingerprint density at radius 1 is 0.533 bits per heavy atom. The molecule has 0 rings (SSSR count). The number of allylic oxidation sites excluding steroid dienone is 16. The lowest BCUT2D eigenvalue weighted by atomic mass is 10.1. The van der Waals surface area contributed by atoms with Crippen molar-refractivity contribution in [2.75, 3.05) is 19.8 Å². The van der Waals surface area contributed by atoms with Crippen LogP contribution in [-0.2, 0) is 37.5 Å². The first-order valence-corrected chi connectivity index (χ1v) is 23.8. The van der Waals surface area contributed by atoms with Crippen molar-refractivity contribution in [1.82, 2.24) is 0 Å². The van der Waals surface area contributed by atoms with Crippen LogP contribution in [0.1, 0.15) is 155 Å². The molecule has 0 saturated carbocycles. The van der Waals surface area contributed by atoms with Crippen molar-refractivity contribution in [3.05, 3.63) is 97.2 Å². The quantitative estimate of drug-likeness (QED) is 0.0232. The Morgan fingerprint density at radius 3 is 1.40 bits per heavy atom. The van der Waals surface area contributed by atoms with Gasteiger partial charge in [-0.15, -0.1) is 0 Å². The maximum Gasteiger partial charge on any atom is 0.472 e. The second-order valence-electron chi connectivity index (χ2n) is 14.4. The lowest BCUT2D eigenvalue weighted by molar-refractivity contribution is -0.161. The fraction of sp³-hybridized carbons (Fsp3) is 0.604. The highest BCUT2D eigenvalue weighted by atomic mass is 31.2. The summed E-state index contributed by atoms with van der Waals surface area (Å²) >= 11 is 0. The number of carbonyl (C=O) groups is 3. The molecular formula is C48H78NO10P. The van der Waals surface area contributed by atoms with E-state index in [0.717, 1.165) is 96.3 Å². The van der Waals surface area contributed by atoms with Gasteiger partial charge >= 0.3 is 25.7 Å². The van der Waals surface area contributed by atoms with Crippen LogP contribution in [0.15, 0.2) is 97.2 Å². The van der Waals surface area contributed by atoms with Crippen LogP contribution in [0.4, 0.5) is 0 Å². The largest absolute Gasteiger partial charge is 0.480 e. The van der Waals surface area contributed by atoms with E-state index in [-0.39, 0.29) is 19.4 Å². The Hall–Kier alpha value is -3.60. The van der Waals surface area contributed by atoms with Crippen LogP contribution in [0, 0.1) is 0 Å². The number of aliphatic carboxylic acids is 1. The third-order valence-corrected chi connectivity index (χ3v) is 9.77. The minimum atomic E-state index is -4.74. The van der Waals surface area contributed by atoms with Gasteiger partial charge in [0.15, 0.2) is 6.10 Å². The Balaban J connectivity index is 4.48. The molecule has 0 fully saturated rings. The first-order valence-electron chi connectivity index (χ1n) is 22.3. The first kappa shape index (κ1) is 56.4. The van der Waals surface area contributed by atoms with Crippen molar-refractivity contribution in [1.29, 1.82) is 0 Å². The van der Waals surface area contributed by atoms with Gasteiger partial charge in [-0.2, -0.15) is 0 Å². The fourth-order valence-corrected chi connectivity index (χ4v) is 6.11. The number of hydrogen-bond donors (Lipinski definition) is 3. The molecule has 3 atom stereocenters. The zero-order valence-corrected chi connectivity index (χ0v) is 37.6. The molecule has 0 saturated heterocycles. The molecule has 60 heavy (non-hydrogen) atoms. The van der Waals surface area contributed by atoms with Crippen molar-refractivity contribution in [2.45, 2.75) is 167 Å². The Morgan fingerprint density at radius 2 is 0.933 bits per heavy atom. The van der Waals surface area contributed by atoms with Crippen LogP contribution < -0.4 is 5.73 Å². The van der Waals surface area contributed by atoms with Gasteiger partial charge in [-0.1, -0.05) is 143 Å². The SMILES string of the molecule is CC/C=C/C/C=C/C/C=C/C/C=C/C/C=C/CCCCCC(=O)OC[C@H](COP(=O)(O)OC[C@H](N)C(=O)O)OC(=O)CCCCCC/C=C/C/C=C/C/C=C/CCCCC. The van der Waals surface area contributed by atoms with E-state index in [1.54, 1.807) is 0 Å². The molecule has 0 amide bonds. The van der Waals surface area contributed by atoms with Gasteiger partial charge in [0.25, 0.3) is 0 Å². The molecule has 340 valence electrons. The molecule has 11 nitrogen and oxygen atoms in total. The monoisotopic (exact) mass is 860 g/mol. The fourth-order valence-electron chi connectivity index (χ4n) is 5.33. The number of ether oxygens (including phenoxy) is 2. The van der Waals surface area contributed by atoms with E-state index >= 15 is 0 Å². The normalized spacial score (nSPS) is 14.6. The zero-order valence-electron chi connectivity index (χ0n) is 36.8. The minimum absolute atomic E-state index is 0.122. The van der Waals surface area contributed by atoms with Crippen LogP contribution in [0.3, 0.4) is 0 Å². The van der Waals surface area contributed by atoms with Crippen molar-refractivity contribution in [2.24, 2.45) is 5.73 Å². The van der Waals surface area contributed by atoms with Gasteiger partial charge in [0.2, 0.25) is 0 Å². The molecule has 0 aliphatic carbocycles. The maximum absolute atomic E-state index is 12.6. The second-order valence-corrected chi connectivity index (χ2v) is 15.9. The molecule has 0 aromatic rings. The van der Waals surface area contributed by atoms with E-state index in [2.05, 4.69) is 116 Å². The third kappa shape index (κ3) is 41.1. The Bertz CT molecular complexity index is 1380. The predicted octanol–water partition coefficient (Wildman–Crippen LogP) is 12.1. The molecule has 0 aliphatic heterocycles. The van der Waals surface area contributed by atoms with Crippen molar-refractivity contribution < 1.29 is 47.5 Å². The number of carboxylic acids is 1. The minimum Gasteiger partial charge on any atom is -0.480 e. The van der Waals surface area contributed by atoms with E-state index in [1.807, 2.05) is 0 Å². The highest BCUT2D eigenvalue weighted by Crippen LogP contribution is 2.43. The summed E-state index contributed by atoms with van der Waals surface area (Å²) in [5.74, 6) is -2.46. The topological polar surface area (TPSA) is 172 Å². The number of carboxylic acid groups (broad SMARTS) is 1. The maximum atomic E-state index is 12.6. The van der Waals surface area contributed by atoms with E-state index in [0.29, 0.717) is 12.8 Å². The number of nitrogens with two attached hydrogens (primary N) is 1. The Kier molecular flexibility index (Phi) is 39.6. The number of esters is 2. The third-order valence-electron chi connectivity index (χ3n) is 8.82. The number of phosphoric ester groups is 1. The summed E-state index contributed by atoms with van der Waals surface area (Å²) in [5.41, 5.74) is 5.33. The molecule has 0 aromatic heterocycles. The summed E-state index contributed by atoms with van der Waals surface area (Å²) in [6.07, 6.45) is 53.2. The number of rotatable bonds is 40. The van der Waals surface area contributed by atoms with Gasteiger partial charge in [0.1, 0.15) is 12.6 Å².